The van der Waals surface area contributed by atoms with Gasteiger partial charge in [-0.15, -0.1) is 0 Å². The summed E-state index contributed by atoms with van der Waals surface area (Å²) in [7, 11) is 0. The molecule has 88 valence electrons. The molecule has 2 aliphatic rings. The third-order valence-corrected chi connectivity index (χ3v) is 4.02. The molecular weight excluding hydrogens is 186 g/mol. The first-order valence-corrected chi connectivity index (χ1v) is 6.62. The van der Waals surface area contributed by atoms with Crippen LogP contribution in [0.2, 0.25) is 0 Å². The van der Waals surface area contributed by atoms with E-state index in [9.17, 15) is 0 Å². The summed E-state index contributed by atoms with van der Waals surface area (Å²) < 4.78 is 0. The maximum Gasteiger partial charge on any atom is 0.0871 e. The fourth-order valence-electron chi connectivity index (χ4n) is 2.98. The normalized spacial score (nSPS) is 26.0. The largest absolute Gasteiger partial charge is 0.293 e. The Morgan fingerprint density at radius 1 is 0.933 bits per heavy atom. The molecule has 0 amide bonds. The first-order chi connectivity index (χ1) is 7.18. The Labute approximate surface area is 93.9 Å². The third kappa shape index (κ3) is 2.94. The minimum absolute atomic E-state index is 0.0603. The van der Waals surface area contributed by atoms with Gasteiger partial charge in [0.1, 0.15) is 0 Å². The molecule has 15 heavy (non-hydrogen) atoms. The van der Waals surface area contributed by atoms with E-state index in [0.29, 0.717) is 0 Å². The SMILES string of the molecule is CC(C)(ON1CCCC1)C1CCCCC1. The van der Waals surface area contributed by atoms with E-state index < -0.39 is 0 Å². The van der Waals surface area contributed by atoms with E-state index in [0.717, 1.165) is 19.0 Å². The molecule has 0 radical (unpaired) electrons. The van der Waals surface area contributed by atoms with E-state index in [1.165, 1.54) is 44.9 Å². The number of hydrogen-bond donors (Lipinski definition) is 0. The molecule has 2 heteroatoms. The second kappa shape index (κ2) is 4.84. The maximum absolute atomic E-state index is 6.17. The predicted octanol–water partition coefficient (Wildman–Crippen LogP) is 3.37. The van der Waals surface area contributed by atoms with Gasteiger partial charge in [0.05, 0.1) is 5.60 Å². The highest BCUT2D eigenvalue weighted by molar-refractivity contribution is 4.82. The summed E-state index contributed by atoms with van der Waals surface area (Å²) in [6.07, 6.45) is 9.56. The van der Waals surface area contributed by atoms with Crippen LogP contribution in [0.15, 0.2) is 0 Å². The van der Waals surface area contributed by atoms with Gasteiger partial charge in [-0.3, -0.25) is 4.84 Å². The van der Waals surface area contributed by atoms with Crippen LogP contribution in [0, 0.1) is 5.92 Å². The van der Waals surface area contributed by atoms with Gasteiger partial charge < -0.3 is 0 Å². The monoisotopic (exact) mass is 211 g/mol. The van der Waals surface area contributed by atoms with Crippen LogP contribution in [0.5, 0.6) is 0 Å². The van der Waals surface area contributed by atoms with Crippen molar-refractivity contribution in [1.29, 1.82) is 0 Å². The average molecular weight is 211 g/mol. The average Bonchev–Trinajstić information content (AvgIpc) is 2.71. The molecule has 1 heterocycles. The summed E-state index contributed by atoms with van der Waals surface area (Å²) >= 11 is 0. The van der Waals surface area contributed by atoms with E-state index in [1.807, 2.05) is 0 Å². The highest BCUT2D eigenvalue weighted by Gasteiger charge is 2.34. The van der Waals surface area contributed by atoms with Gasteiger partial charge in [0, 0.05) is 13.1 Å². The Bertz CT molecular complexity index is 191. The first kappa shape index (κ1) is 11.4. The predicted molar refractivity (Wildman–Crippen MR) is 62.5 cm³/mol. The van der Waals surface area contributed by atoms with Crippen molar-refractivity contribution < 1.29 is 4.84 Å². The van der Waals surface area contributed by atoms with Crippen LogP contribution in [-0.2, 0) is 4.84 Å². The van der Waals surface area contributed by atoms with E-state index in [-0.39, 0.29) is 5.60 Å². The Morgan fingerprint density at radius 2 is 1.53 bits per heavy atom. The molecule has 1 aliphatic heterocycles. The smallest absolute Gasteiger partial charge is 0.0871 e. The van der Waals surface area contributed by atoms with Gasteiger partial charge in [-0.2, -0.15) is 5.06 Å². The molecule has 1 aliphatic carbocycles. The van der Waals surface area contributed by atoms with Crippen molar-refractivity contribution in [3.05, 3.63) is 0 Å². The van der Waals surface area contributed by atoms with Crippen molar-refractivity contribution in [2.24, 2.45) is 5.92 Å². The molecular formula is C13H25NO. The Balaban J connectivity index is 1.86. The lowest BCUT2D eigenvalue weighted by Gasteiger charge is -2.39. The first-order valence-electron chi connectivity index (χ1n) is 6.62. The van der Waals surface area contributed by atoms with Crippen molar-refractivity contribution in [2.45, 2.75) is 64.4 Å². The van der Waals surface area contributed by atoms with E-state index in [1.54, 1.807) is 0 Å². The topological polar surface area (TPSA) is 12.5 Å². The highest BCUT2D eigenvalue weighted by atomic mass is 16.7. The third-order valence-electron chi connectivity index (χ3n) is 4.02. The molecule has 0 bridgehead atoms. The van der Waals surface area contributed by atoms with Crippen LogP contribution in [-0.4, -0.2) is 23.8 Å². The molecule has 2 fully saturated rings. The molecule has 2 rings (SSSR count). The highest BCUT2D eigenvalue weighted by Crippen LogP contribution is 2.35. The minimum Gasteiger partial charge on any atom is -0.293 e. The zero-order valence-corrected chi connectivity index (χ0v) is 10.3. The molecule has 1 saturated heterocycles. The van der Waals surface area contributed by atoms with Gasteiger partial charge >= 0.3 is 0 Å². The Morgan fingerprint density at radius 3 is 2.13 bits per heavy atom. The van der Waals surface area contributed by atoms with Gasteiger partial charge in [-0.05, 0) is 45.4 Å². The van der Waals surface area contributed by atoms with Gasteiger partial charge in [0.25, 0.3) is 0 Å². The molecule has 0 aromatic carbocycles. The van der Waals surface area contributed by atoms with Crippen molar-refractivity contribution in [1.82, 2.24) is 5.06 Å². The van der Waals surface area contributed by atoms with Crippen molar-refractivity contribution in [3.63, 3.8) is 0 Å². The van der Waals surface area contributed by atoms with Gasteiger partial charge in [0.15, 0.2) is 0 Å². The molecule has 0 aromatic rings. The van der Waals surface area contributed by atoms with E-state index in [4.69, 9.17) is 4.84 Å². The molecule has 0 N–H and O–H groups in total. The maximum atomic E-state index is 6.17. The van der Waals surface area contributed by atoms with Crippen molar-refractivity contribution in [3.8, 4) is 0 Å². The summed E-state index contributed by atoms with van der Waals surface area (Å²) in [4.78, 5) is 6.17. The molecule has 2 nitrogen and oxygen atoms in total. The summed E-state index contributed by atoms with van der Waals surface area (Å²) in [5.41, 5.74) is 0.0603. The Kier molecular flexibility index (Phi) is 3.68. The van der Waals surface area contributed by atoms with Crippen LogP contribution >= 0.6 is 0 Å². The summed E-state index contributed by atoms with van der Waals surface area (Å²) in [6, 6.07) is 0. The van der Waals surface area contributed by atoms with Crippen molar-refractivity contribution in [2.75, 3.05) is 13.1 Å². The summed E-state index contributed by atoms with van der Waals surface area (Å²) in [5.74, 6) is 0.770. The van der Waals surface area contributed by atoms with Crippen LogP contribution in [0.3, 0.4) is 0 Å². The fourth-order valence-corrected chi connectivity index (χ4v) is 2.98. The summed E-state index contributed by atoms with van der Waals surface area (Å²) in [6.45, 7) is 6.83. The van der Waals surface area contributed by atoms with Crippen LogP contribution in [0.25, 0.3) is 0 Å². The molecule has 1 saturated carbocycles. The van der Waals surface area contributed by atoms with E-state index >= 15 is 0 Å². The lowest BCUT2D eigenvalue weighted by Crippen LogP contribution is -2.41. The summed E-state index contributed by atoms with van der Waals surface area (Å²) in [5, 5.41) is 2.19. The number of rotatable bonds is 3. The minimum atomic E-state index is 0.0603. The number of hydroxylamine groups is 2. The number of nitrogens with zero attached hydrogens (tertiary/aromatic N) is 1. The number of hydrogen-bond acceptors (Lipinski definition) is 2. The van der Waals surface area contributed by atoms with Crippen molar-refractivity contribution >= 4 is 0 Å². The van der Waals surface area contributed by atoms with Gasteiger partial charge in [0.2, 0.25) is 0 Å². The second-order valence-electron chi connectivity index (χ2n) is 5.67. The second-order valence-corrected chi connectivity index (χ2v) is 5.67. The van der Waals surface area contributed by atoms with Gasteiger partial charge in [-0.1, -0.05) is 19.3 Å². The van der Waals surface area contributed by atoms with Gasteiger partial charge in [-0.25, -0.2) is 0 Å². The lowest BCUT2D eigenvalue weighted by atomic mass is 9.79. The zero-order valence-electron chi connectivity index (χ0n) is 10.3. The fraction of sp³-hybridized carbons (Fsp3) is 1.00. The molecule has 0 unspecified atom stereocenters. The van der Waals surface area contributed by atoms with Crippen LogP contribution in [0.4, 0.5) is 0 Å². The Hall–Kier alpha value is -0.0800. The molecule has 0 atom stereocenters. The lowest BCUT2D eigenvalue weighted by molar-refractivity contribution is -0.245. The standard InChI is InChI=1S/C13H25NO/c1-13(2,12-8-4-3-5-9-12)15-14-10-6-7-11-14/h12H,3-11H2,1-2H3. The van der Waals surface area contributed by atoms with Crippen LogP contribution < -0.4 is 0 Å². The van der Waals surface area contributed by atoms with Crippen LogP contribution in [0.1, 0.15) is 58.8 Å². The zero-order chi connectivity index (χ0) is 10.7. The quantitative estimate of drug-likeness (QED) is 0.709. The molecule has 0 aromatic heterocycles. The van der Waals surface area contributed by atoms with E-state index in [2.05, 4.69) is 18.9 Å². The molecule has 0 spiro atoms.